The molecule has 0 spiro atoms. The van der Waals surface area contributed by atoms with Crippen molar-refractivity contribution in [2.75, 3.05) is 0 Å². The molecule has 0 aromatic carbocycles. The van der Waals surface area contributed by atoms with Crippen molar-refractivity contribution in [3.63, 3.8) is 0 Å². The minimum atomic E-state index is -1.68. The van der Waals surface area contributed by atoms with Crippen LogP contribution in [-0.2, 0) is 4.79 Å². The third-order valence-corrected chi connectivity index (χ3v) is 1.97. The summed E-state index contributed by atoms with van der Waals surface area (Å²) in [6.45, 7) is 0. The summed E-state index contributed by atoms with van der Waals surface area (Å²) in [5.74, 6) is -3.08. The average molecular weight is 161 g/mol. The normalized spacial score (nSPS) is 25.7. The zero-order valence-corrected chi connectivity index (χ0v) is 5.90. The minimum Gasteiger partial charge on any atom is -0.480 e. The first-order valence-corrected chi connectivity index (χ1v) is 3.35. The third kappa shape index (κ3) is 1.68. The van der Waals surface area contributed by atoms with Gasteiger partial charge in [0.1, 0.15) is 6.04 Å². The van der Waals surface area contributed by atoms with Crippen LogP contribution in [0.1, 0.15) is 12.8 Å². The van der Waals surface area contributed by atoms with E-state index in [1.807, 2.05) is 0 Å². The summed E-state index contributed by atoms with van der Waals surface area (Å²) in [6, 6.07) is -0.970. The van der Waals surface area contributed by atoms with Crippen LogP contribution in [0, 0.1) is 5.92 Å². The van der Waals surface area contributed by atoms with Crippen LogP contribution < -0.4 is 5.73 Å². The van der Waals surface area contributed by atoms with Gasteiger partial charge in [-0.05, 0) is 5.92 Å². The molecule has 0 heterocycles. The van der Waals surface area contributed by atoms with Crippen LogP contribution in [0.25, 0.3) is 0 Å². The smallest absolute Gasteiger partial charge is 0.320 e. The molecule has 1 unspecified atom stereocenters. The summed E-state index contributed by atoms with van der Waals surface area (Å²) in [5, 5.41) is 26.0. The van der Waals surface area contributed by atoms with Crippen LogP contribution >= 0.6 is 0 Å². The van der Waals surface area contributed by atoms with E-state index in [-0.39, 0.29) is 18.8 Å². The number of nitrogens with two attached hydrogens (primary N) is 1. The van der Waals surface area contributed by atoms with E-state index in [1.54, 1.807) is 0 Å². The number of carboxylic acid groups (broad SMARTS) is 1. The van der Waals surface area contributed by atoms with Gasteiger partial charge in [0.25, 0.3) is 0 Å². The average Bonchev–Trinajstić information content (AvgIpc) is 1.80. The van der Waals surface area contributed by atoms with Crippen molar-refractivity contribution in [3.05, 3.63) is 0 Å². The van der Waals surface area contributed by atoms with Gasteiger partial charge in [-0.1, -0.05) is 0 Å². The molecule has 1 aliphatic carbocycles. The van der Waals surface area contributed by atoms with E-state index in [0.29, 0.717) is 0 Å². The lowest BCUT2D eigenvalue weighted by Crippen LogP contribution is -2.53. The second-order valence-corrected chi connectivity index (χ2v) is 3.01. The lowest BCUT2D eigenvalue weighted by Gasteiger charge is -2.40. The van der Waals surface area contributed by atoms with Gasteiger partial charge in [0.05, 0.1) is 0 Å². The maximum atomic E-state index is 10.3. The first kappa shape index (κ1) is 8.45. The monoisotopic (exact) mass is 161 g/mol. The molecule has 5 nitrogen and oxygen atoms in total. The van der Waals surface area contributed by atoms with Crippen LogP contribution in [0.2, 0.25) is 0 Å². The second kappa shape index (κ2) is 2.44. The van der Waals surface area contributed by atoms with Gasteiger partial charge >= 0.3 is 5.97 Å². The predicted octanol–water partition coefficient (Wildman–Crippen LogP) is -1.51. The van der Waals surface area contributed by atoms with E-state index < -0.39 is 17.8 Å². The Bertz CT molecular complexity index is 171. The van der Waals surface area contributed by atoms with Crippen LogP contribution in [0.15, 0.2) is 0 Å². The molecule has 11 heavy (non-hydrogen) atoms. The Hall–Kier alpha value is -0.650. The van der Waals surface area contributed by atoms with Gasteiger partial charge in [-0.3, -0.25) is 4.79 Å². The SMILES string of the molecule is NC(C(=O)O)C1CC(O)(O)C1. The Morgan fingerprint density at radius 1 is 1.55 bits per heavy atom. The maximum Gasteiger partial charge on any atom is 0.320 e. The molecule has 0 aliphatic heterocycles. The standard InChI is InChI=1S/C6H11NO4/c7-4(5(8)9)3-1-6(10,11)2-3/h3-4,10-11H,1-2,7H2,(H,8,9). The highest BCUT2D eigenvalue weighted by molar-refractivity contribution is 5.73. The molecule has 0 aromatic rings. The molecule has 5 heteroatoms. The van der Waals surface area contributed by atoms with E-state index in [2.05, 4.69) is 0 Å². The van der Waals surface area contributed by atoms with Gasteiger partial charge in [-0.15, -0.1) is 0 Å². The first-order chi connectivity index (χ1) is 4.92. The molecule has 1 atom stereocenters. The molecular formula is C6H11NO4. The second-order valence-electron chi connectivity index (χ2n) is 3.01. The quantitative estimate of drug-likeness (QED) is 0.368. The Balaban J connectivity index is 2.38. The van der Waals surface area contributed by atoms with E-state index >= 15 is 0 Å². The van der Waals surface area contributed by atoms with Gasteiger partial charge < -0.3 is 21.1 Å². The maximum absolute atomic E-state index is 10.3. The predicted molar refractivity (Wildman–Crippen MR) is 35.5 cm³/mol. The van der Waals surface area contributed by atoms with E-state index in [0.717, 1.165) is 0 Å². The summed E-state index contributed by atoms with van der Waals surface area (Å²) in [7, 11) is 0. The zero-order chi connectivity index (χ0) is 8.65. The molecule has 0 saturated heterocycles. The first-order valence-electron chi connectivity index (χ1n) is 3.35. The molecule has 1 saturated carbocycles. The fraction of sp³-hybridized carbons (Fsp3) is 0.833. The number of carboxylic acids is 1. The Morgan fingerprint density at radius 2 is 2.00 bits per heavy atom. The number of carbonyl (C=O) groups is 1. The van der Waals surface area contributed by atoms with Gasteiger partial charge in [0.15, 0.2) is 5.79 Å². The highest BCUT2D eigenvalue weighted by atomic mass is 16.5. The highest BCUT2D eigenvalue weighted by Crippen LogP contribution is 2.36. The fourth-order valence-corrected chi connectivity index (χ4v) is 1.24. The zero-order valence-electron chi connectivity index (χ0n) is 5.90. The summed E-state index contributed by atoms with van der Waals surface area (Å²) >= 11 is 0. The van der Waals surface area contributed by atoms with E-state index in [4.69, 9.17) is 21.1 Å². The Morgan fingerprint density at radius 3 is 2.27 bits per heavy atom. The van der Waals surface area contributed by atoms with Gasteiger partial charge in [0.2, 0.25) is 0 Å². The lowest BCUT2D eigenvalue weighted by molar-refractivity contribution is -0.238. The van der Waals surface area contributed by atoms with Crippen LogP contribution in [0.5, 0.6) is 0 Å². The number of aliphatic carboxylic acids is 1. The Labute approximate surface area is 63.4 Å². The van der Waals surface area contributed by atoms with E-state index in [1.165, 1.54) is 0 Å². The number of hydrogen-bond acceptors (Lipinski definition) is 4. The van der Waals surface area contributed by atoms with Crippen molar-refractivity contribution >= 4 is 5.97 Å². The summed E-state index contributed by atoms with van der Waals surface area (Å²) in [6.07, 6.45) is 0.112. The van der Waals surface area contributed by atoms with Crippen LogP contribution in [-0.4, -0.2) is 33.1 Å². The minimum absolute atomic E-state index is 0.0560. The molecular weight excluding hydrogens is 150 g/mol. The lowest BCUT2D eigenvalue weighted by atomic mass is 9.75. The molecule has 64 valence electrons. The van der Waals surface area contributed by atoms with Gasteiger partial charge in [0, 0.05) is 12.8 Å². The molecule has 1 aliphatic rings. The molecule has 0 radical (unpaired) electrons. The molecule has 1 rings (SSSR count). The van der Waals surface area contributed by atoms with Crippen molar-refractivity contribution in [1.82, 2.24) is 0 Å². The van der Waals surface area contributed by atoms with Crippen molar-refractivity contribution in [1.29, 1.82) is 0 Å². The van der Waals surface area contributed by atoms with Crippen molar-refractivity contribution < 1.29 is 20.1 Å². The number of rotatable bonds is 2. The fourth-order valence-electron chi connectivity index (χ4n) is 1.24. The van der Waals surface area contributed by atoms with Crippen LogP contribution in [0.3, 0.4) is 0 Å². The number of aliphatic hydroxyl groups is 2. The molecule has 0 aromatic heterocycles. The topological polar surface area (TPSA) is 104 Å². The summed E-state index contributed by atoms with van der Waals surface area (Å²) in [5.41, 5.74) is 5.22. The molecule has 0 amide bonds. The summed E-state index contributed by atoms with van der Waals surface area (Å²) in [4.78, 5) is 10.3. The largest absolute Gasteiger partial charge is 0.480 e. The highest BCUT2D eigenvalue weighted by Gasteiger charge is 2.45. The Kier molecular flexibility index (Phi) is 1.87. The third-order valence-electron chi connectivity index (χ3n) is 1.97. The van der Waals surface area contributed by atoms with Crippen molar-refractivity contribution in [2.24, 2.45) is 11.7 Å². The summed E-state index contributed by atoms with van der Waals surface area (Å²) < 4.78 is 0. The van der Waals surface area contributed by atoms with Crippen molar-refractivity contribution in [3.8, 4) is 0 Å². The molecule has 0 bridgehead atoms. The number of hydrogen-bond donors (Lipinski definition) is 4. The molecule has 1 fully saturated rings. The van der Waals surface area contributed by atoms with Gasteiger partial charge in [-0.25, -0.2) is 0 Å². The van der Waals surface area contributed by atoms with E-state index in [9.17, 15) is 4.79 Å². The van der Waals surface area contributed by atoms with Crippen molar-refractivity contribution in [2.45, 2.75) is 24.7 Å². The molecule has 5 N–H and O–H groups in total. The van der Waals surface area contributed by atoms with Gasteiger partial charge in [-0.2, -0.15) is 0 Å². The van der Waals surface area contributed by atoms with Crippen LogP contribution in [0.4, 0.5) is 0 Å².